The molecule has 3 aromatic rings. The van der Waals surface area contributed by atoms with Gasteiger partial charge in [0.1, 0.15) is 11.5 Å². The third-order valence-electron chi connectivity index (χ3n) is 4.58. The summed E-state index contributed by atoms with van der Waals surface area (Å²) in [6.45, 7) is 0.303. The predicted octanol–water partition coefficient (Wildman–Crippen LogP) is 3.13. The van der Waals surface area contributed by atoms with Crippen LogP contribution in [0, 0.1) is 0 Å². The van der Waals surface area contributed by atoms with Crippen molar-refractivity contribution in [1.82, 2.24) is 10.7 Å². The van der Waals surface area contributed by atoms with Crippen molar-refractivity contribution < 1.29 is 23.9 Å². The number of rotatable bonds is 9. The molecular weight excluding hydrogens is 472 g/mol. The fourth-order valence-corrected chi connectivity index (χ4v) is 2.99. The number of carbonyl (C=O) groups excluding carboxylic acids is 3. The molecule has 180 valence electrons. The molecular formula is C25H23ClN4O5. The minimum Gasteiger partial charge on any atom is -0.495 e. The number of hydrazone groups is 1. The second-order valence-corrected chi connectivity index (χ2v) is 7.55. The van der Waals surface area contributed by atoms with E-state index >= 15 is 0 Å². The summed E-state index contributed by atoms with van der Waals surface area (Å²) in [5, 5.41) is 9.35. The van der Waals surface area contributed by atoms with Gasteiger partial charge < -0.3 is 20.1 Å². The number of carbonyl (C=O) groups is 3. The van der Waals surface area contributed by atoms with Gasteiger partial charge in [-0.15, -0.1) is 0 Å². The fraction of sp³-hybridized carbons (Fsp3) is 0.120. The minimum absolute atomic E-state index is 0.122. The third kappa shape index (κ3) is 8.17. The SMILES string of the molecule is COc1ccc(Cl)cc1NC(=O)C(=O)N/N=C\c1ccc(OCC(=O)NCc2ccccc2)cc1. The maximum absolute atomic E-state index is 12.1. The van der Waals surface area contributed by atoms with Crippen LogP contribution in [0.25, 0.3) is 0 Å². The van der Waals surface area contributed by atoms with Crippen LogP contribution in [0.2, 0.25) is 5.02 Å². The Kier molecular flexibility index (Phi) is 9.21. The number of ether oxygens (including phenoxy) is 2. The fourth-order valence-electron chi connectivity index (χ4n) is 2.82. The van der Waals surface area contributed by atoms with Crippen LogP contribution in [0.4, 0.5) is 5.69 Å². The topological polar surface area (TPSA) is 118 Å². The van der Waals surface area contributed by atoms with E-state index in [4.69, 9.17) is 21.1 Å². The molecule has 0 aromatic heterocycles. The highest BCUT2D eigenvalue weighted by Crippen LogP contribution is 2.27. The summed E-state index contributed by atoms with van der Waals surface area (Å²) in [4.78, 5) is 36.0. The Balaban J connectivity index is 1.42. The maximum Gasteiger partial charge on any atom is 0.329 e. The lowest BCUT2D eigenvalue weighted by Crippen LogP contribution is -2.32. The van der Waals surface area contributed by atoms with Crippen LogP contribution < -0.4 is 25.5 Å². The first-order chi connectivity index (χ1) is 16.9. The zero-order valence-corrected chi connectivity index (χ0v) is 19.5. The van der Waals surface area contributed by atoms with Crippen molar-refractivity contribution >= 4 is 41.2 Å². The van der Waals surface area contributed by atoms with Crippen LogP contribution in [0.5, 0.6) is 11.5 Å². The van der Waals surface area contributed by atoms with E-state index in [2.05, 4.69) is 21.2 Å². The first-order valence-corrected chi connectivity index (χ1v) is 10.8. The minimum atomic E-state index is -0.968. The van der Waals surface area contributed by atoms with Gasteiger partial charge in [-0.25, -0.2) is 5.43 Å². The van der Waals surface area contributed by atoms with Crippen LogP contribution in [0.1, 0.15) is 11.1 Å². The molecule has 10 heteroatoms. The molecule has 3 N–H and O–H groups in total. The number of amides is 3. The molecule has 0 bridgehead atoms. The lowest BCUT2D eigenvalue weighted by Gasteiger charge is -2.09. The van der Waals surface area contributed by atoms with E-state index in [1.165, 1.54) is 19.4 Å². The molecule has 0 unspecified atom stereocenters. The summed E-state index contributed by atoms with van der Waals surface area (Å²) in [7, 11) is 1.43. The summed E-state index contributed by atoms with van der Waals surface area (Å²) in [5.41, 5.74) is 4.04. The van der Waals surface area contributed by atoms with E-state index < -0.39 is 11.8 Å². The van der Waals surface area contributed by atoms with E-state index in [0.29, 0.717) is 28.6 Å². The quantitative estimate of drug-likeness (QED) is 0.240. The van der Waals surface area contributed by atoms with E-state index in [1.807, 2.05) is 30.3 Å². The molecule has 0 saturated heterocycles. The number of hydrogen-bond donors (Lipinski definition) is 3. The average molecular weight is 495 g/mol. The Morgan fingerprint density at radius 3 is 2.43 bits per heavy atom. The number of nitrogens with one attached hydrogen (secondary N) is 3. The van der Waals surface area contributed by atoms with Crippen molar-refractivity contribution in [3.63, 3.8) is 0 Å². The number of methoxy groups -OCH3 is 1. The monoisotopic (exact) mass is 494 g/mol. The van der Waals surface area contributed by atoms with Crippen molar-refractivity contribution in [2.75, 3.05) is 19.0 Å². The molecule has 0 atom stereocenters. The van der Waals surface area contributed by atoms with Gasteiger partial charge >= 0.3 is 11.8 Å². The van der Waals surface area contributed by atoms with E-state index in [-0.39, 0.29) is 18.2 Å². The zero-order valence-electron chi connectivity index (χ0n) is 18.8. The highest BCUT2D eigenvalue weighted by Gasteiger charge is 2.15. The van der Waals surface area contributed by atoms with Gasteiger partial charge in [-0.2, -0.15) is 5.10 Å². The molecule has 35 heavy (non-hydrogen) atoms. The molecule has 3 amide bonds. The average Bonchev–Trinajstić information content (AvgIpc) is 2.87. The van der Waals surface area contributed by atoms with Gasteiger partial charge in [0.2, 0.25) is 0 Å². The summed E-state index contributed by atoms with van der Waals surface area (Å²) in [6, 6.07) is 20.9. The molecule has 0 aliphatic heterocycles. The summed E-state index contributed by atoms with van der Waals surface area (Å²) in [5.74, 6) is -1.29. The van der Waals surface area contributed by atoms with Crippen molar-refractivity contribution in [3.8, 4) is 11.5 Å². The lowest BCUT2D eigenvalue weighted by atomic mass is 10.2. The Bertz CT molecular complexity index is 1200. The first-order valence-electron chi connectivity index (χ1n) is 10.5. The molecule has 0 spiro atoms. The van der Waals surface area contributed by atoms with E-state index in [0.717, 1.165) is 5.56 Å². The van der Waals surface area contributed by atoms with Crippen molar-refractivity contribution in [1.29, 1.82) is 0 Å². The summed E-state index contributed by atoms with van der Waals surface area (Å²) < 4.78 is 10.6. The van der Waals surface area contributed by atoms with E-state index in [9.17, 15) is 14.4 Å². The number of hydrogen-bond acceptors (Lipinski definition) is 6. The molecule has 3 aromatic carbocycles. The van der Waals surface area contributed by atoms with Gasteiger partial charge in [0.25, 0.3) is 5.91 Å². The predicted molar refractivity (Wildman–Crippen MR) is 133 cm³/mol. The molecule has 0 saturated carbocycles. The molecule has 0 radical (unpaired) electrons. The lowest BCUT2D eigenvalue weighted by molar-refractivity contribution is -0.136. The number of anilines is 1. The van der Waals surface area contributed by atoms with Crippen molar-refractivity contribution in [3.05, 3.63) is 88.9 Å². The van der Waals surface area contributed by atoms with Gasteiger partial charge in [0.05, 0.1) is 19.0 Å². The Hall–Kier alpha value is -4.37. The van der Waals surface area contributed by atoms with Crippen LogP contribution in [-0.4, -0.2) is 37.7 Å². The maximum atomic E-state index is 12.1. The van der Waals surface area contributed by atoms with Crippen LogP contribution in [0.3, 0.4) is 0 Å². The highest BCUT2D eigenvalue weighted by molar-refractivity contribution is 6.40. The normalized spacial score (nSPS) is 10.5. The first kappa shape index (κ1) is 25.3. The number of benzene rings is 3. The van der Waals surface area contributed by atoms with Gasteiger partial charge in [-0.05, 0) is 53.6 Å². The zero-order chi connectivity index (χ0) is 25.0. The molecule has 0 aliphatic rings. The van der Waals surface area contributed by atoms with Gasteiger partial charge in [0.15, 0.2) is 6.61 Å². The van der Waals surface area contributed by atoms with Crippen LogP contribution in [0.15, 0.2) is 77.9 Å². The van der Waals surface area contributed by atoms with Crippen LogP contribution in [-0.2, 0) is 20.9 Å². The van der Waals surface area contributed by atoms with Crippen molar-refractivity contribution in [2.45, 2.75) is 6.54 Å². The molecule has 0 heterocycles. The number of halogens is 1. The highest BCUT2D eigenvalue weighted by atomic mass is 35.5. The van der Waals surface area contributed by atoms with Crippen LogP contribution >= 0.6 is 11.6 Å². The molecule has 0 fully saturated rings. The Morgan fingerprint density at radius 2 is 1.71 bits per heavy atom. The van der Waals surface area contributed by atoms with Gasteiger partial charge in [0, 0.05) is 11.6 Å². The largest absolute Gasteiger partial charge is 0.495 e. The number of nitrogens with zero attached hydrogens (tertiary/aromatic N) is 1. The van der Waals surface area contributed by atoms with Gasteiger partial charge in [-0.1, -0.05) is 41.9 Å². The second-order valence-electron chi connectivity index (χ2n) is 7.12. The molecule has 9 nitrogen and oxygen atoms in total. The smallest absolute Gasteiger partial charge is 0.329 e. The summed E-state index contributed by atoms with van der Waals surface area (Å²) >= 11 is 5.91. The summed E-state index contributed by atoms with van der Waals surface area (Å²) in [6.07, 6.45) is 1.36. The third-order valence-corrected chi connectivity index (χ3v) is 4.81. The van der Waals surface area contributed by atoms with Gasteiger partial charge in [-0.3, -0.25) is 14.4 Å². The molecule has 0 aliphatic carbocycles. The Labute approximate surface area is 207 Å². The van der Waals surface area contributed by atoms with Crippen molar-refractivity contribution in [2.24, 2.45) is 5.10 Å². The molecule has 3 rings (SSSR count). The standard InChI is InChI=1S/C25H23ClN4O5/c1-34-22-12-9-19(26)13-21(22)29-24(32)25(33)30-28-15-18-7-10-20(11-8-18)35-16-23(31)27-14-17-5-3-2-4-6-17/h2-13,15H,14,16H2,1H3,(H,27,31)(H,29,32)(H,30,33)/b28-15-. The van der Waals surface area contributed by atoms with E-state index in [1.54, 1.807) is 36.4 Å². The Morgan fingerprint density at radius 1 is 0.971 bits per heavy atom. The second kappa shape index (κ2) is 12.8.